The predicted octanol–water partition coefficient (Wildman–Crippen LogP) is 5.30. The number of carbonyl (C=O) groups excluding carboxylic acids is 1. The van der Waals surface area contributed by atoms with Crippen molar-refractivity contribution in [1.82, 2.24) is 19.4 Å². The van der Waals surface area contributed by atoms with E-state index in [1.165, 1.54) is 6.08 Å². The first kappa shape index (κ1) is 30.7. The molecule has 11 nitrogen and oxygen atoms in total. The van der Waals surface area contributed by atoms with Gasteiger partial charge in [-0.2, -0.15) is 4.98 Å². The monoisotopic (exact) mass is 648 g/mol. The number of fused-ring (bicyclic) bond motifs is 3. The summed E-state index contributed by atoms with van der Waals surface area (Å²) in [6.45, 7) is 12.0. The Morgan fingerprint density at radius 2 is 1.82 bits per heavy atom. The number of nitrogens with one attached hydrogen (secondary N) is 2. The van der Waals surface area contributed by atoms with Crippen LogP contribution >= 0.6 is 23.2 Å². The normalized spacial score (nSPS) is 15.1. The Balaban J connectivity index is 1.43. The second-order valence-corrected chi connectivity index (χ2v) is 11.4. The van der Waals surface area contributed by atoms with Crippen molar-refractivity contribution in [2.75, 3.05) is 69.0 Å². The first-order valence-corrected chi connectivity index (χ1v) is 15.4. The van der Waals surface area contributed by atoms with Crippen LogP contribution in [0.1, 0.15) is 6.92 Å². The highest BCUT2D eigenvalue weighted by Gasteiger charge is 2.27. The van der Waals surface area contributed by atoms with Crippen molar-refractivity contribution in [2.45, 2.75) is 13.5 Å². The van der Waals surface area contributed by atoms with Gasteiger partial charge in [0.1, 0.15) is 23.1 Å². The summed E-state index contributed by atoms with van der Waals surface area (Å²) in [7, 11) is 3.09. The van der Waals surface area contributed by atoms with E-state index in [0.29, 0.717) is 57.4 Å². The first-order chi connectivity index (χ1) is 21.8. The van der Waals surface area contributed by atoms with Crippen LogP contribution in [0.5, 0.6) is 11.5 Å². The predicted molar refractivity (Wildman–Crippen MR) is 179 cm³/mol. The number of anilines is 3. The molecule has 2 aromatic carbocycles. The van der Waals surface area contributed by atoms with Crippen molar-refractivity contribution >= 4 is 52.0 Å². The molecule has 0 radical (unpaired) electrons. The highest BCUT2D eigenvalue weighted by atomic mass is 35.5. The molecule has 1 amide bonds. The number of carbonyl (C=O) groups is 1. The van der Waals surface area contributed by atoms with Gasteiger partial charge in [0.2, 0.25) is 5.91 Å². The number of hydrogen-bond acceptors (Lipinski definition) is 9. The fourth-order valence-electron chi connectivity index (χ4n) is 5.76. The Labute approximate surface area is 271 Å². The van der Waals surface area contributed by atoms with Gasteiger partial charge in [0.15, 0.2) is 0 Å². The highest BCUT2D eigenvalue weighted by Crippen LogP contribution is 2.49. The summed E-state index contributed by atoms with van der Waals surface area (Å²) in [5.74, 6) is 2.07. The van der Waals surface area contributed by atoms with Crippen molar-refractivity contribution in [3.8, 4) is 34.0 Å². The molecule has 4 aliphatic heterocycles. The zero-order chi connectivity index (χ0) is 31.7. The lowest BCUT2D eigenvalue weighted by Crippen LogP contribution is -2.46. The Morgan fingerprint density at radius 1 is 1.09 bits per heavy atom. The van der Waals surface area contributed by atoms with Gasteiger partial charge in [-0.3, -0.25) is 4.79 Å². The molecule has 0 spiro atoms. The lowest BCUT2D eigenvalue weighted by molar-refractivity contribution is -0.111. The Bertz CT molecular complexity index is 1790. The number of methoxy groups -OCH3 is 2. The molecule has 1 saturated heterocycles. The number of halogens is 2. The van der Waals surface area contributed by atoms with Gasteiger partial charge in [-0.1, -0.05) is 36.7 Å². The van der Waals surface area contributed by atoms with Crippen LogP contribution < -0.4 is 30.6 Å². The average Bonchev–Trinajstić information content (AvgIpc) is 3.57. The standard InChI is InChI=1S/C32H34Cl2N8O3/c1-5-26(43)37-23-16-20(41-13-11-40(6-2)12-14-41)7-8-22(23)38-32-36-18-19-15-21(31-35-9-10-42(31)30(19)39-32)27-28(33)24(44-3)17-25(45-4)29(27)34/h5,7-8,15-18,35H,1,6,9-14H2,2-4H3,(H,37,43). The molecule has 0 unspecified atom stereocenters. The smallest absolute Gasteiger partial charge is 0.251 e. The summed E-state index contributed by atoms with van der Waals surface area (Å²) in [6, 6.07) is 9.46. The summed E-state index contributed by atoms with van der Waals surface area (Å²) in [6.07, 6.45) is 2.96. The maximum absolute atomic E-state index is 12.4. The van der Waals surface area contributed by atoms with Crippen LogP contribution in [0.15, 0.2) is 54.2 Å². The second kappa shape index (κ2) is 13.0. The Kier molecular flexibility index (Phi) is 8.84. The molecule has 4 aliphatic rings. The third kappa shape index (κ3) is 5.90. The van der Waals surface area contributed by atoms with Crippen LogP contribution in [-0.2, 0) is 11.3 Å². The van der Waals surface area contributed by atoms with Gasteiger partial charge < -0.3 is 34.5 Å². The molecule has 2 aromatic rings. The zero-order valence-corrected chi connectivity index (χ0v) is 26.9. The third-order valence-electron chi connectivity index (χ3n) is 8.16. The van der Waals surface area contributed by atoms with Crippen LogP contribution in [0.25, 0.3) is 22.5 Å². The summed E-state index contributed by atoms with van der Waals surface area (Å²) >= 11 is 13.6. The van der Waals surface area contributed by atoms with E-state index in [1.54, 1.807) is 26.5 Å². The molecule has 234 valence electrons. The largest absolute Gasteiger partial charge is 0.495 e. The fourth-order valence-corrected chi connectivity index (χ4v) is 6.46. The van der Waals surface area contributed by atoms with E-state index in [-0.39, 0.29) is 11.5 Å². The van der Waals surface area contributed by atoms with Gasteiger partial charge in [0, 0.05) is 73.9 Å². The molecular weight excluding hydrogens is 615 g/mol. The summed E-state index contributed by atoms with van der Waals surface area (Å²) in [4.78, 5) is 31.3. The zero-order valence-electron chi connectivity index (χ0n) is 25.4. The van der Waals surface area contributed by atoms with Gasteiger partial charge in [0.05, 0.1) is 35.6 Å². The molecule has 2 N–H and O–H groups in total. The number of amides is 1. The van der Waals surface area contributed by atoms with Crippen LogP contribution in [0.4, 0.5) is 22.9 Å². The van der Waals surface area contributed by atoms with Crippen LogP contribution in [-0.4, -0.2) is 78.8 Å². The SMILES string of the molecule is C=CC(=O)Nc1cc(N2CCN(CC)CC2)ccc1N=c1ncc2cc(-c3c(Cl)c(OC)cc(OC)c3Cl)c3n(c-2n1)CCN3. The van der Waals surface area contributed by atoms with Gasteiger partial charge >= 0.3 is 0 Å². The number of benzene rings is 2. The number of ether oxygens (including phenoxy) is 2. The topological polar surface area (TPSA) is 109 Å². The van der Waals surface area contributed by atoms with Crippen molar-refractivity contribution in [3.63, 3.8) is 0 Å². The van der Waals surface area contributed by atoms with Gasteiger partial charge in [0.25, 0.3) is 5.62 Å². The number of nitrogens with zero attached hydrogens (tertiary/aromatic N) is 6. The lowest BCUT2D eigenvalue weighted by atomic mass is 10.0. The van der Waals surface area contributed by atoms with E-state index in [4.69, 9.17) is 42.7 Å². The molecule has 45 heavy (non-hydrogen) atoms. The molecule has 1 fully saturated rings. The molecule has 6 rings (SSSR count). The Hall–Kier alpha value is -4.32. The van der Waals surface area contributed by atoms with E-state index in [9.17, 15) is 4.79 Å². The average molecular weight is 650 g/mol. The fraction of sp³-hybridized carbons (Fsp3) is 0.312. The van der Waals surface area contributed by atoms with Gasteiger partial charge in [-0.05, 0) is 36.9 Å². The second-order valence-electron chi connectivity index (χ2n) is 10.6. The van der Waals surface area contributed by atoms with Crippen LogP contribution in [0, 0.1) is 0 Å². The minimum Gasteiger partial charge on any atom is -0.495 e. The van der Waals surface area contributed by atoms with Crippen LogP contribution in [0.3, 0.4) is 0 Å². The first-order valence-electron chi connectivity index (χ1n) is 14.7. The molecule has 13 heteroatoms. The number of piperazine rings is 1. The van der Waals surface area contributed by atoms with E-state index in [2.05, 4.69) is 43.5 Å². The van der Waals surface area contributed by atoms with E-state index in [1.807, 2.05) is 24.3 Å². The minimum atomic E-state index is -0.322. The summed E-state index contributed by atoms with van der Waals surface area (Å²) < 4.78 is 13.1. The summed E-state index contributed by atoms with van der Waals surface area (Å²) in [5, 5.41) is 7.10. The Morgan fingerprint density at radius 3 is 2.49 bits per heavy atom. The molecule has 0 aliphatic carbocycles. The van der Waals surface area contributed by atoms with Crippen molar-refractivity contribution < 1.29 is 14.3 Å². The van der Waals surface area contributed by atoms with Crippen molar-refractivity contribution in [2.24, 2.45) is 4.99 Å². The van der Waals surface area contributed by atoms with Gasteiger partial charge in [-0.15, -0.1) is 0 Å². The van der Waals surface area contributed by atoms with E-state index in [0.717, 1.165) is 55.4 Å². The van der Waals surface area contributed by atoms with Gasteiger partial charge in [-0.25, -0.2) is 9.98 Å². The summed E-state index contributed by atoms with van der Waals surface area (Å²) in [5.41, 5.74) is 4.50. The molecule has 0 aromatic heterocycles. The third-order valence-corrected chi connectivity index (χ3v) is 8.91. The van der Waals surface area contributed by atoms with Crippen molar-refractivity contribution in [3.05, 3.63) is 64.8 Å². The molecule has 0 saturated carbocycles. The quantitative estimate of drug-likeness (QED) is 0.248. The number of aromatic nitrogens is 3. The molecular formula is C32H34Cl2N8O3. The van der Waals surface area contributed by atoms with E-state index >= 15 is 0 Å². The van der Waals surface area contributed by atoms with Crippen molar-refractivity contribution in [1.29, 1.82) is 0 Å². The molecule has 0 bridgehead atoms. The van der Waals surface area contributed by atoms with E-state index < -0.39 is 0 Å². The number of rotatable bonds is 8. The lowest BCUT2D eigenvalue weighted by Gasteiger charge is -2.35. The maximum atomic E-state index is 12.4. The number of likely N-dealkylation sites (N-methyl/N-ethyl adjacent to an activating group) is 1. The highest BCUT2D eigenvalue weighted by molar-refractivity contribution is 6.41. The number of pyridine rings is 1. The molecule has 4 heterocycles. The minimum absolute atomic E-state index is 0.259. The van der Waals surface area contributed by atoms with Crippen LogP contribution in [0.2, 0.25) is 10.0 Å². The molecule has 0 atom stereocenters. The number of hydrogen-bond donors (Lipinski definition) is 2. The maximum Gasteiger partial charge on any atom is 0.251 e.